The molecule has 0 aliphatic heterocycles. The van der Waals surface area contributed by atoms with Crippen LogP contribution in [0.3, 0.4) is 0 Å². The van der Waals surface area contributed by atoms with Crippen LogP contribution in [0.25, 0.3) is 0 Å². The number of carboxylic acids is 1. The van der Waals surface area contributed by atoms with E-state index >= 15 is 0 Å². The van der Waals surface area contributed by atoms with Gasteiger partial charge in [-0.15, -0.1) is 0 Å². The Labute approximate surface area is 116 Å². The molecule has 1 heterocycles. The topological polar surface area (TPSA) is 143 Å². The molecule has 0 bridgehead atoms. The van der Waals surface area contributed by atoms with Gasteiger partial charge in [0.05, 0.1) is 6.26 Å². The highest BCUT2D eigenvalue weighted by Crippen LogP contribution is 2.13. The van der Waals surface area contributed by atoms with Gasteiger partial charge in [0, 0.05) is 13.1 Å². The summed E-state index contributed by atoms with van der Waals surface area (Å²) in [6.45, 7) is 0.0633. The molecule has 0 radical (unpaired) electrons. The van der Waals surface area contributed by atoms with Gasteiger partial charge in [0.25, 0.3) is 10.0 Å². The lowest BCUT2D eigenvalue weighted by atomic mass is 10.4. The van der Waals surface area contributed by atoms with Crippen molar-refractivity contribution in [2.75, 3.05) is 19.3 Å². The predicted molar refractivity (Wildman–Crippen MR) is 68.3 cm³/mol. The smallest absolute Gasteiger partial charge is 0.371 e. The molecule has 0 aliphatic carbocycles. The first kappa shape index (κ1) is 16.6. The fourth-order valence-corrected chi connectivity index (χ4v) is 2.72. The van der Waals surface area contributed by atoms with Crippen molar-refractivity contribution in [3.8, 4) is 0 Å². The SMILES string of the molecule is CS(=O)(=O)NCCCNS(=O)(=O)c1ccc(C(=O)O)o1. The van der Waals surface area contributed by atoms with Crippen LogP contribution in [-0.4, -0.2) is 47.3 Å². The van der Waals surface area contributed by atoms with Crippen molar-refractivity contribution in [1.82, 2.24) is 9.44 Å². The first-order valence-electron chi connectivity index (χ1n) is 5.39. The summed E-state index contributed by atoms with van der Waals surface area (Å²) in [6.07, 6.45) is 1.23. The Morgan fingerprint density at radius 2 is 1.80 bits per heavy atom. The molecule has 11 heteroatoms. The third kappa shape index (κ3) is 5.28. The summed E-state index contributed by atoms with van der Waals surface area (Å²) in [5.41, 5.74) is 0. The van der Waals surface area contributed by atoms with E-state index < -0.39 is 36.9 Å². The van der Waals surface area contributed by atoms with Crippen molar-refractivity contribution in [2.24, 2.45) is 0 Å². The fourth-order valence-electron chi connectivity index (χ4n) is 1.20. The first-order valence-corrected chi connectivity index (χ1v) is 8.77. The van der Waals surface area contributed by atoms with Crippen molar-refractivity contribution in [1.29, 1.82) is 0 Å². The number of sulfonamides is 2. The van der Waals surface area contributed by atoms with E-state index in [-0.39, 0.29) is 19.5 Å². The zero-order valence-corrected chi connectivity index (χ0v) is 12.1. The van der Waals surface area contributed by atoms with Crippen LogP contribution in [-0.2, 0) is 20.0 Å². The van der Waals surface area contributed by atoms with Gasteiger partial charge in [0.2, 0.25) is 20.9 Å². The van der Waals surface area contributed by atoms with Crippen LogP contribution in [0.2, 0.25) is 0 Å². The van der Waals surface area contributed by atoms with Gasteiger partial charge in [0.15, 0.2) is 0 Å². The van der Waals surface area contributed by atoms with Crippen molar-refractivity contribution in [3.63, 3.8) is 0 Å². The molecule has 0 saturated heterocycles. The van der Waals surface area contributed by atoms with Crippen LogP contribution in [0, 0.1) is 0 Å². The largest absolute Gasteiger partial charge is 0.475 e. The minimum Gasteiger partial charge on any atom is -0.475 e. The fraction of sp³-hybridized carbons (Fsp3) is 0.444. The zero-order chi connectivity index (χ0) is 15.4. The molecular weight excluding hydrogens is 312 g/mol. The molecule has 9 nitrogen and oxygen atoms in total. The third-order valence-electron chi connectivity index (χ3n) is 2.07. The number of carbonyl (C=O) groups is 1. The van der Waals surface area contributed by atoms with Crippen LogP contribution in [0.4, 0.5) is 0 Å². The van der Waals surface area contributed by atoms with E-state index in [2.05, 4.69) is 13.9 Å². The third-order valence-corrected chi connectivity index (χ3v) is 4.13. The molecule has 3 N–H and O–H groups in total. The Morgan fingerprint density at radius 1 is 1.20 bits per heavy atom. The summed E-state index contributed by atoms with van der Waals surface area (Å²) in [5, 5.41) is 8.10. The van der Waals surface area contributed by atoms with Crippen LogP contribution >= 0.6 is 0 Å². The summed E-state index contributed by atoms with van der Waals surface area (Å²) in [6, 6.07) is 2.06. The van der Waals surface area contributed by atoms with Crippen molar-refractivity contribution >= 4 is 26.0 Å². The second-order valence-corrected chi connectivity index (χ2v) is 7.37. The first-order chi connectivity index (χ1) is 9.12. The molecular formula is C9H14N2O7S2. The molecule has 0 saturated carbocycles. The lowest BCUT2D eigenvalue weighted by Crippen LogP contribution is -2.29. The number of furan rings is 1. The van der Waals surface area contributed by atoms with E-state index in [0.29, 0.717) is 0 Å². The summed E-state index contributed by atoms with van der Waals surface area (Å²) in [5.74, 6) is -1.85. The lowest BCUT2D eigenvalue weighted by molar-refractivity contribution is 0.0656. The second kappa shape index (κ2) is 6.35. The van der Waals surface area contributed by atoms with Crippen molar-refractivity contribution in [2.45, 2.75) is 11.5 Å². The van der Waals surface area contributed by atoms with E-state index in [1.54, 1.807) is 0 Å². The molecule has 0 fully saturated rings. The average Bonchev–Trinajstić information content (AvgIpc) is 2.76. The summed E-state index contributed by atoms with van der Waals surface area (Å²) in [7, 11) is -7.26. The Kier molecular flexibility index (Phi) is 5.28. The van der Waals surface area contributed by atoms with Crippen LogP contribution in [0.15, 0.2) is 21.6 Å². The normalized spacial score (nSPS) is 12.4. The molecule has 1 rings (SSSR count). The van der Waals surface area contributed by atoms with Gasteiger partial charge in [-0.3, -0.25) is 0 Å². The van der Waals surface area contributed by atoms with Crippen LogP contribution in [0.1, 0.15) is 17.0 Å². The molecule has 0 aliphatic rings. The number of hydrogen-bond donors (Lipinski definition) is 3. The van der Waals surface area contributed by atoms with Crippen molar-refractivity contribution < 1.29 is 31.2 Å². The minimum atomic E-state index is -3.95. The summed E-state index contributed by atoms with van der Waals surface area (Å²) < 4.78 is 53.9. The molecule has 0 amide bonds. The van der Waals surface area contributed by atoms with E-state index in [1.807, 2.05) is 0 Å². The number of nitrogens with one attached hydrogen (secondary N) is 2. The van der Waals surface area contributed by atoms with Gasteiger partial charge >= 0.3 is 5.97 Å². The Hall–Kier alpha value is -1.43. The minimum absolute atomic E-state index is 0.0199. The van der Waals surface area contributed by atoms with Gasteiger partial charge in [-0.1, -0.05) is 0 Å². The number of rotatable bonds is 8. The highest BCUT2D eigenvalue weighted by Gasteiger charge is 2.20. The van der Waals surface area contributed by atoms with E-state index in [1.165, 1.54) is 0 Å². The average molecular weight is 326 g/mol. The molecule has 1 aromatic heterocycles. The van der Waals surface area contributed by atoms with Gasteiger partial charge in [-0.05, 0) is 18.6 Å². The van der Waals surface area contributed by atoms with Gasteiger partial charge in [0.1, 0.15) is 0 Å². The second-order valence-electron chi connectivity index (χ2n) is 3.84. The highest BCUT2D eigenvalue weighted by molar-refractivity contribution is 7.89. The van der Waals surface area contributed by atoms with Gasteiger partial charge in [-0.25, -0.2) is 31.1 Å². The van der Waals surface area contributed by atoms with E-state index in [9.17, 15) is 21.6 Å². The molecule has 0 aromatic carbocycles. The zero-order valence-electron chi connectivity index (χ0n) is 10.5. The number of hydrogen-bond acceptors (Lipinski definition) is 6. The molecule has 114 valence electrons. The maximum absolute atomic E-state index is 11.7. The van der Waals surface area contributed by atoms with Crippen molar-refractivity contribution in [3.05, 3.63) is 17.9 Å². The van der Waals surface area contributed by atoms with Crippen LogP contribution in [0.5, 0.6) is 0 Å². The van der Waals surface area contributed by atoms with Gasteiger partial charge in [-0.2, -0.15) is 0 Å². The van der Waals surface area contributed by atoms with E-state index in [0.717, 1.165) is 18.4 Å². The maximum atomic E-state index is 11.7. The molecule has 0 spiro atoms. The summed E-state index contributed by atoms with van der Waals surface area (Å²) >= 11 is 0. The summed E-state index contributed by atoms with van der Waals surface area (Å²) in [4.78, 5) is 10.6. The predicted octanol–water partition coefficient (Wildman–Crippen LogP) is -0.805. The Balaban J connectivity index is 2.51. The molecule has 1 aromatic rings. The molecule has 20 heavy (non-hydrogen) atoms. The monoisotopic (exact) mass is 326 g/mol. The molecule has 0 atom stereocenters. The number of aromatic carboxylic acids is 1. The maximum Gasteiger partial charge on any atom is 0.371 e. The van der Waals surface area contributed by atoms with Crippen LogP contribution < -0.4 is 9.44 Å². The Bertz CT molecular complexity index is 675. The lowest BCUT2D eigenvalue weighted by Gasteiger charge is -2.04. The molecule has 0 unspecified atom stereocenters. The van der Waals surface area contributed by atoms with E-state index in [4.69, 9.17) is 5.11 Å². The highest BCUT2D eigenvalue weighted by atomic mass is 32.2. The Morgan fingerprint density at radius 3 is 2.30 bits per heavy atom. The quantitative estimate of drug-likeness (QED) is 0.530. The standard InChI is InChI=1S/C9H14N2O7S2/c1-19(14,15)10-5-2-6-11-20(16,17)8-4-3-7(18-8)9(12)13/h3-4,10-11H,2,5-6H2,1H3,(H,12,13). The van der Waals surface area contributed by atoms with Gasteiger partial charge < -0.3 is 9.52 Å². The number of carboxylic acid groups (broad SMARTS) is 1.